The average molecular weight is 396 g/mol. The van der Waals surface area contributed by atoms with Crippen LogP contribution in [0.25, 0.3) is 0 Å². The largest absolute Gasteiger partial charge is 0.351 e. The molecule has 0 fully saturated rings. The van der Waals surface area contributed by atoms with Crippen molar-refractivity contribution < 1.29 is 9.72 Å². The Bertz CT molecular complexity index is 972. The Morgan fingerprint density at radius 1 is 1.18 bits per heavy atom. The van der Waals surface area contributed by atoms with Gasteiger partial charge in [0.05, 0.1) is 16.5 Å². The summed E-state index contributed by atoms with van der Waals surface area (Å²) in [4.78, 5) is 27.0. The number of carbonyl (C=O) groups excluding carboxylic acids is 1. The number of nitro benzene ring substituents is 1. The standard InChI is InChI=1S/C20H20N4O3S/c1-13-17(19(25)22(2)3)18(14-8-7-11-16(12-14)24(26)27)21-20(28)23(13)15-9-5-4-6-10-15/h4-12,18H,1-3H3,(H,21,28)/t18-/m0/s1. The lowest BCUT2D eigenvalue weighted by molar-refractivity contribution is -0.384. The van der Waals surface area contributed by atoms with Gasteiger partial charge in [-0.2, -0.15) is 0 Å². The first-order valence-corrected chi connectivity index (χ1v) is 9.04. The molecule has 0 bridgehead atoms. The smallest absolute Gasteiger partial charge is 0.269 e. The molecule has 0 saturated carbocycles. The van der Waals surface area contributed by atoms with Crippen molar-refractivity contribution in [2.45, 2.75) is 13.0 Å². The van der Waals surface area contributed by atoms with E-state index < -0.39 is 11.0 Å². The molecule has 144 valence electrons. The number of thiocarbonyl (C=S) groups is 1. The number of nitrogens with one attached hydrogen (secondary N) is 1. The number of non-ortho nitro benzene ring substituents is 1. The van der Waals surface area contributed by atoms with Gasteiger partial charge < -0.3 is 10.2 Å². The molecule has 3 rings (SSSR count). The lowest BCUT2D eigenvalue weighted by Crippen LogP contribution is -2.49. The molecule has 0 aromatic heterocycles. The van der Waals surface area contributed by atoms with E-state index in [0.29, 0.717) is 21.9 Å². The summed E-state index contributed by atoms with van der Waals surface area (Å²) in [6.07, 6.45) is 0. The highest BCUT2D eigenvalue weighted by molar-refractivity contribution is 7.80. The Morgan fingerprint density at radius 3 is 2.46 bits per heavy atom. The Morgan fingerprint density at radius 2 is 1.86 bits per heavy atom. The van der Waals surface area contributed by atoms with Crippen molar-refractivity contribution in [1.82, 2.24) is 10.2 Å². The predicted molar refractivity (Wildman–Crippen MR) is 112 cm³/mol. The highest BCUT2D eigenvalue weighted by Crippen LogP contribution is 2.35. The molecular weight excluding hydrogens is 376 g/mol. The fourth-order valence-electron chi connectivity index (χ4n) is 3.22. The number of rotatable bonds is 4. The summed E-state index contributed by atoms with van der Waals surface area (Å²) in [5.74, 6) is -0.190. The third kappa shape index (κ3) is 3.59. The molecular formula is C20H20N4O3S. The topological polar surface area (TPSA) is 78.7 Å². The number of para-hydroxylation sites is 1. The second kappa shape index (κ2) is 7.77. The average Bonchev–Trinajstić information content (AvgIpc) is 2.68. The van der Waals surface area contributed by atoms with E-state index in [0.717, 1.165) is 5.69 Å². The third-order valence-corrected chi connectivity index (χ3v) is 4.85. The summed E-state index contributed by atoms with van der Waals surface area (Å²) in [5, 5.41) is 14.8. The first kappa shape index (κ1) is 19.5. The lowest BCUT2D eigenvalue weighted by Gasteiger charge is -2.38. The number of nitrogens with zero attached hydrogens (tertiary/aromatic N) is 3. The van der Waals surface area contributed by atoms with Gasteiger partial charge >= 0.3 is 0 Å². The zero-order valence-electron chi connectivity index (χ0n) is 15.7. The normalized spacial score (nSPS) is 16.6. The van der Waals surface area contributed by atoms with E-state index in [2.05, 4.69) is 5.32 Å². The van der Waals surface area contributed by atoms with Gasteiger partial charge in [0.15, 0.2) is 5.11 Å². The molecule has 0 unspecified atom stereocenters. The molecule has 2 aromatic carbocycles. The second-order valence-electron chi connectivity index (χ2n) is 6.60. The van der Waals surface area contributed by atoms with Gasteiger partial charge in [-0.1, -0.05) is 30.3 Å². The summed E-state index contributed by atoms with van der Waals surface area (Å²) in [6, 6.07) is 15.2. The number of likely N-dealkylation sites (N-methyl/N-ethyl adjacent to an activating group) is 1. The predicted octanol–water partition coefficient (Wildman–Crippen LogP) is 3.39. The number of allylic oxidation sites excluding steroid dienone is 1. The lowest BCUT2D eigenvalue weighted by atomic mass is 9.93. The molecule has 1 N–H and O–H groups in total. The molecule has 0 spiro atoms. The number of amides is 1. The van der Waals surface area contributed by atoms with E-state index in [4.69, 9.17) is 12.2 Å². The maximum atomic E-state index is 13.0. The molecule has 0 saturated heterocycles. The number of anilines is 1. The molecule has 0 radical (unpaired) electrons. The summed E-state index contributed by atoms with van der Waals surface area (Å²) in [7, 11) is 3.35. The first-order valence-electron chi connectivity index (χ1n) is 8.63. The molecule has 1 heterocycles. The quantitative estimate of drug-likeness (QED) is 0.485. The van der Waals surface area contributed by atoms with Gasteiger partial charge in [0.2, 0.25) is 0 Å². The first-order chi connectivity index (χ1) is 13.3. The van der Waals surface area contributed by atoms with E-state index in [-0.39, 0.29) is 11.6 Å². The summed E-state index contributed by atoms with van der Waals surface area (Å²) < 4.78 is 0. The summed E-state index contributed by atoms with van der Waals surface area (Å²) >= 11 is 5.57. The van der Waals surface area contributed by atoms with E-state index in [1.165, 1.54) is 17.0 Å². The Balaban J connectivity index is 2.17. The Hall–Kier alpha value is -3.26. The Kier molecular flexibility index (Phi) is 5.41. The van der Waals surface area contributed by atoms with Crippen molar-refractivity contribution in [2.24, 2.45) is 0 Å². The highest BCUT2D eigenvalue weighted by Gasteiger charge is 2.35. The van der Waals surface area contributed by atoms with Gasteiger partial charge in [0.1, 0.15) is 0 Å². The molecule has 8 heteroatoms. The highest BCUT2D eigenvalue weighted by atomic mass is 32.1. The minimum atomic E-state index is -0.581. The number of benzene rings is 2. The van der Waals surface area contributed by atoms with Crippen molar-refractivity contribution in [2.75, 3.05) is 19.0 Å². The van der Waals surface area contributed by atoms with Crippen LogP contribution >= 0.6 is 12.2 Å². The van der Waals surface area contributed by atoms with Crippen LogP contribution in [-0.4, -0.2) is 34.9 Å². The summed E-state index contributed by atoms with van der Waals surface area (Å²) in [6.45, 7) is 1.83. The van der Waals surface area contributed by atoms with Crippen LogP contribution in [0.2, 0.25) is 0 Å². The zero-order valence-corrected chi connectivity index (χ0v) is 16.6. The number of hydrogen-bond acceptors (Lipinski definition) is 4. The third-order valence-electron chi connectivity index (χ3n) is 4.55. The van der Waals surface area contributed by atoms with Gasteiger partial charge in [-0.15, -0.1) is 0 Å². The molecule has 28 heavy (non-hydrogen) atoms. The molecule has 1 atom stereocenters. The van der Waals surface area contributed by atoms with Gasteiger partial charge in [-0.25, -0.2) is 0 Å². The molecule has 1 aliphatic heterocycles. The monoisotopic (exact) mass is 396 g/mol. The summed E-state index contributed by atoms with van der Waals surface area (Å²) in [5.41, 5.74) is 2.57. The minimum Gasteiger partial charge on any atom is -0.351 e. The zero-order chi connectivity index (χ0) is 20.4. The fourth-order valence-corrected chi connectivity index (χ4v) is 3.58. The van der Waals surface area contributed by atoms with Crippen molar-refractivity contribution in [3.05, 3.63) is 81.5 Å². The second-order valence-corrected chi connectivity index (χ2v) is 6.99. The van der Waals surface area contributed by atoms with Crippen LogP contribution in [0.5, 0.6) is 0 Å². The molecule has 0 aliphatic carbocycles. The molecule has 7 nitrogen and oxygen atoms in total. The van der Waals surface area contributed by atoms with E-state index in [9.17, 15) is 14.9 Å². The molecule has 1 amide bonds. The van der Waals surface area contributed by atoms with Gasteiger partial charge in [-0.3, -0.25) is 19.8 Å². The maximum Gasteiger partial charge on any atom is 0.269 e. The van der Waals surface area contributed by atoms with Crippen molar-refractivity contribution in [3.8, 4) is 0 Å². The molecule has 2 aromatic rings. The van der Waals surface area contributed by atoms with Crippen LogP contribution < -0.4 is 10.2 Å². The van der Waals surface area contributed by atoms with Crippen LogP contribution in [0.3, 0.4) is 0 Å². The van der Waals surface area contributed by atoms with Gasteiger partial charge in [-0.05, 0) is 36.8 Å². The SMILES string of the molecule is CC1=C(C(=O)N(C)C)[C@H](c2cccc([N+](=O)[O-])c2)NC(=S)N1c1ccccc1. The van der Waals surface area contributed by atoms with Crippen LogP contribution in [0.15, 0.2) is 65.9 Å². The van der Waals surface area contributed by atoms with Crippen molar-refractivity contribution in [3.63, 3.8) is 0 Å². The van der Waals surface area contributed by atoms with Crippen LogP contribution in [0.1, 0.15) is 18.5 Å². The minimum absolute atomic E-state index is 0.0370. The van der Waals surface area contributed by atoms with E-state index in [1.54, 1.807) is 31.1 Å². The van der Waals surface area contributed by atoms with Crippen LogP contribution in [0.4, 0.5) is 11.4 Å². The van der Waals surface area contributed by atoms with E-state index in [1.807, 2.05) is 37.3 Å². The van der Waals surface area contributed by atoms with E-state index >= 15 is 0 Å². The maximum absolute atomic E-state index is 13.0. The number of carbonyl (C=O) groups is 1. The van der Waals surface area contributed by atoms with Crippen LogP contribution in [0, 0.1) is 10.1 Å². The number of nitro groups is 1. The number of hydrogen-bond donors (Lipinski definition) is 1. The van der Waals surface area contributed by atoms with Gasteiger partial charge in [0, 0.05) is 37.6 Å². The Labute approximate surface area is 168 Å². The van der Waals surface area contributed by atoms with Crippen molar-refractivity contribution in [1.29, 1.82) is 0 Å². The fraction of sp³-hybridized carbons (Fsp3) is 0.200. The van der Waals surface area contributed by atoms with Gasteiger partial charge in [0.25, 0.3) is 11.6 Å². The molecule has 1 aliphatic rings. The van der Waals surface area contributed by atoms with Crippen LogP contribution in [-0.2, 0) is 4.79 Å². The van der Waals surface area contributed by atoms with Crippen molar-refractivity contribution >= 4 is 34.6 Å².